The second kappa shape index (κ2) is 9.46. The van der Waals surface area contributed by atoms with Crippen LogP contribution in [0, 0.1) is 0 Å². The Hall–Kier alpha value is -2.24. The first kappa shape index (κ1) is 18.5. The number of hydrogen-bond acceptors (Lipinski definition) is 3. The molecule has 134 valence electrons. The summed E-state index contributed by atoms with van der Waals surface area (Å²) in [5.74, 6) is 0.821. The summed E-state index contributed by atoms with van der Waals surface area (Å²) in [6.07, 6.45) is 6.33. The average Bonchev–Trinajstić information content (AvgIpc) is 3.18. The van der Waals surface area contributed by atoms with Crippen molar-refractivity contribution in [1.82, 2.24) is 14.9 Å². The fraction of sp³-hybridized carbons (Fsp3) is 0.200. The van der Waals surface area contributed by atoms with E-state index in [-0.39, 0.29) is 5.91 Å². The number of thioether (sulfide) groups is 1. The highest BCUT2D eigenvalue weighted by Crippen LogP contribution is 2.24. The van der Waals surface area contributed by atoms with E-state index in [2.05, 4.69) is 10.3 Å². The van der Waals surface area contributed by atoms with Crippen LogP contribution in [0.2, 0.25) is 5.02 Å². The maximum Gasteiger partial charge on any atom is 0.251 e. The van der Waals surface area contributed by atoms with Crippen LogP contribution in [-0.2, 0) is 12.3 Å². The highest BCUT2D eigenvalue weighted by molar-refractivity contribution is 7.98. The van der Waals surface area contributed by atoms with Crippen LogP contribution in [0.3, 0.4) is 0 Å². The maximum absolute atomic E-state index is 12.2. The lowest BCUT2D eigenvalue weighted by Gasteiger charge is -2.07. The smallest absolute Gasteiger partial charge is 0.251 e. The number of nitrogens with one attached hydrogen (secondary N) is 1. The van der Waals surface area contributed by atoms with Gasteiger partial charge in [0, 0.05) is 46.7 Å². The van der Waals surface area contributed by atoms with Gasteiger partial charge in [0.15, 0.2) is 0 Å². The van der Waals surface area contributed by atoms with Crippen LogP contribution >= 0.6 is 23.4 Å². The van der Waals surface area contributed by atoms with Crippen molar-refractivity contribution >= 4 is 29.3 Å². The van der Waals surface area contributed by atoms with Gasteiger partial charge in [0.25, 0.3) is 5.91 Å². The number of benzene rings is 2. The van der Waals surface area contributed by atoms with Gasteiger partial charge in [-0.1, -0.05) is 23.7 Å². The average molecular weight is 386 g/mol. The zero-order valence-electron chi connectivity index (χ0n) is 14.3. The second-order valence-electron chi connectivity index (χ2n) is 5.85. The molecular weight excluding hydrogens is 366 g/mol. The molecule has 0 aliphatic rings. The van der Waals surface area contributed by atoms with Crippen LogP contribution in [0.4, 0.5) is 0 Å². The summed E-state index contributed by atoms with van der Waals surface area (Å²) < 4.78 is 2.00. The van der Waals surface area contributed by atoms with Gasteiger partial charge < -0.3 is 9.88 Å². The molecule has 0 atom stereocenters. The number of halogens is 1. The zero-order valence-corrected chi connectivity index (χ0v) is 15.8. The summed E-state index contributed by atoms with van der Waals surface area (Å²) >= 11 is 7.64. The van der Waals surface area contributed by atoms with Crippen molar-refractivity contribution in [3.63, 3.8) is 0 Å². The highest BCUT2D eigenvalue weighted by atomic mass is 35.5. The Morgan fingerprint density at radius 1 is 1.12 bits per heavy atom. The third kappa shape index (κ3) is 5.64. The van der Waals surface area contributed by atoms with Crippen molar-refractivity contribution in [1.29, 1.82) is 0 Å². The first-order valence-corrected chi connectivity index (χ1v) is 9.78. The topological polar surface area (TPSA) is 46.9 Å². The van der Waals surface area contributed by atoms with E-state index in [1.54, 1.807) is 24.3 Å². The molecule has 4 nitrogen and oxygen atoms in total. The normalized spacial score (nSPS) is 10.7. The SMILES string of the molecule is O=C(NCCCn1ccnc1)c1ccc(CSc2ccc(Cl)cc2)cc1. The first-order valence-electron chi connectivity index (χ1n) is 8.42. The first-order chi connectivity index (χ1) is 12.7. The fourth-order valence-corrected chi connectivity index (χ4v) is 3.41. The van der Waals surface area contributed by atoms with E-state index >= 15 is 0 Å². The van der Waals surface area contributed by atoms with Gasteiger partial charge in [0.2, 0.25) is 0 Å². The number of nitrogens with zero attached hydrogens (tertiary/aromatic N) is 2. The fourth-order valence-electron chi connectivity index (χ4n) is 2.43. The summed E-state index contributed by atoms with van der Waals surface area (Å²) in [6, 6.07) is 15.6. The predicted molar refractivity (Wildman–Crippen MR) is 107 cm³/mol. The van der Waals surface area contributed by atoms with Crippen LogP contribution in [0.15, 0.2) is 72.1 Å². The molecule has 6 heteroatoms. The van der Waals surface area contributed by atoms with Gasteiger partial charge in [-0.3, -0.25) is 4.79 Å². The number of imidazole rings is 1. The molecular formula is C20H20ClN3OS. The zero-order chi connectivity index (χ0) is 18.2. The summed E-state index contributed by atoms with van der Waals surface area (Å²) in [6.45, 7) is 1.49. The Balaban J connectivity index is 1.42. The largest absolute Gasteiger partial charge is 0.352 e. The van der Waals surface area contributed by atoms with Gasteiger partial charge in [-0.2, -0.15) is 0 Å². The number of hydrogen-bond donors (Lipinski definition) is 1. The molecule has 2 aromatic carbocycles. The molecule has 1 N–H and O–H groups in total. The Morgan fingerprint density at radius 3 is 2.58 bits per heavy atom. The molecule has 0 spiro atoms. The molecule has 0 saturated carbocycles. The number of amides is 1. The number of aromatic nitrogens is 2. The summed E-state index contributed by atoms with van der Waals surface area (Å²) in [4.78, 5) is 17.4. The van der Waals surface area contributed by atoms with E-state index in [0.717, 1.165) is 23.7 Å². The number of aryl methyl sites for hydroxylation is 1. The van der Waals surface area contributed by atoms with Crippen molar-refractivity contribution in [3.8, 4) is 0 Å². The lowest BCUT2D eigenvalue weighted by atomic mass is 10.1. The minimum Gasteiger partial charge on any atom is -0.352 e. The molecule has 1 aromatic heterocycles. The third-order valence-electron chi connectivity index (χ3n) is 3.87. The molecule has 0 aliphatic heterocycles. The number of carbonyl (C=O) groups is 1. The molecule has 3 rings (SSSR count). The van der Waals surface area contributed by atoms with Crippen molar-refractivity contribution < 1.29 is 4.79 Å². The lowest BCUT2D eigenvalue weighted by Crippen LogP contribution is -2.25. The van der Waals surface area contributed by atoms with Crippen LogP contribution in [0.1, 0.15) is 22.3 Å². The minimum absolute atomic E-state index is 0.0347. The maximum atomic E-state index is 12.2. The van der Waals surface area contributed by atoms with Crippen LogP contribution in [-0.4, -0.2) is 22.0 Å². The molecule has 1 heterocycles. The van der Waals surface area contributed by atoms with E-state index in [0.29, 0.717) is 12.1 Å². The molecule has 0 fully saturated rings. The monoisotopic (exact) mass is 385 g/mol. The molecule has 0 saturated heterocycles. The molecule has 1 amide bonds. The van der Waals surface area contributed by atoms with Gasteiger partial charge in [0.05, 0.1) is 6.33 Å². The Kier molecular flexibility index (Phi) is 6.75. The molecule has 0 unspecified atom stereocenters. The van der Waals surface area contributed by atoms with E-state index < -0.39 is 0 Å². The molecule has 3 aromatic rings. The van der Waals surface area contributed by atoms with Crippen molar-refractivity contribution in [2.45, 2.75) is 23.6 Å². The van der Waals surface area contributed by atoms with E-state index in [1.165, 1.54) is 10.5 Å². The summed E-state index contributed by atoms with van der Waals surface area (Å²) in [5.41, 5.74) is 1.87. The molecule has 26 heavy (non-hydrogen) atoms. The van der Waals surface area contributed by atoms with Crippen LogP contribution in [0.25, 0.3) is 0 Å². The van der Waals surface area contributed by atoms with Crippen molar-refractivity contribution in [3.05, 3.63) is 83.4 Å². The standard InChI is InChI=1S/C20H20ClN3OS/c21-18-6-8-19(9-7-18)26-14-16-2-4-17(5-3-16)20(25)23-10-1-12-24-13-11-22-15-24/h2-9,11,13,15H,1,10,12,14H2,(H,23,25). The van der Waals surface area contributed by atoms with Gasteiger partial charge in [0.1, 0.15) is 0 Å². The van der Waals surface area contributed by atoms with E-state index in [9.17, 15) is 4.79 Å². The lowest BCUT2D eigenvalue weighted by molar-refractivity contribution is 0.0952. The number of carbonyl (C=O) groups excluding carboxylic acids is 1. The Labute approximate surface area is 162 Å². The van der Waals surface area contributed by atoms with Gasteiger partial charge >= 0.3 is 0 Å². The van der Waals surface area contributed by atoms with Gasteiger partial charge in [-0.05, 0) is 48.4 Å². The van der Waals surface area contributed by atoms with Crippen molar-refractivity contribution in [2.24, 2.45) is 0 Å². The van der Waals surface area contributed by atoms with Gasteiger partial charge in [-0.25, -0.2) is 4.98 Å². The molecule has 0 radical (unpaired) electrons. The van der Waals surface area contributed by atoms with Crippen LogP contribution < -0.4 is 5.32 Å². The van der Waals surface area contributed by atoms with E-state index in [1.807, 2.05) is 59.3 Å². The van der Waals surface area contributed by atoms with Crippen LogP contribution in [0.5, 0.6) is 0 Å². The second-order valence-corrected chi connectivity index (χ2v) is 7.33. The van der Waals surface area contributed by atoms with Crippen molar-refractivity contribution in [2.75, 3.05) is 6.54 Å². The Morgan fingerprint density at radius 2 is 1.88 bits per heavy atom. The van der Waals surface area contributed by atoms with Gasteiger partial charge in [-0.15, -0.1) is 11.8 Å². The highest BCUT2D eigenvalue weighted by Gasteiger charge is 2.05. The quantitative estimate of drug-likeness (QED) is 0.453. The summed E-state index contributed by atoms with van der Waals surface area (Å²) in [5, 5.41) is 3.70. The Bertz CT molecular complexity index is 817. The summed E-state index contributed by atoms with van der Waals surface area (Å²) in [7, 11) is 0. The number of rotatable bonds is 8. The third-order valence-corrected chi connectivity index (χ3v) is 5.21. The minimum atomic E-state index is -0.0347. The molecule has 0 aliphatic carbocycles. The molecule has 0 bridgehead atoms. The predicted octanol–water partition coefficient (Wildman–Crippen LogP) is 4.65. The van der Waals surface area contributed by atoms with E-state index in [4.69, 9.17) is 11.6 Å².